The molecule has 0 radical (unpaired) electrons. The summed E-state index contributed by atoms with van der Waals surface area (Å²) < 4.78 is 18.5. The Kier molecular flexibility index (Phi) is 3.33. The van der Waals surface area contributed by atoms with Crippen molar-refractivity contribution in [3.63, 3.8) is 0 Å². The lowest BCUT2D eigenvalue weighted by Gasteiger charge is -2.11. The molecule has 0 aliphatic rings. The smallest absolute Gasteiger partial charge is 0.142 e. The molecular formula is C11H16FNO. The lowest BCUT2D eigenvalue weighted by atomic mass is 10.2. The van der Waals surface area contributed by atoms with E-state index >= 15 is 0 Å². The predicted octanol–water partition coefficient (Wildman–Crippen LogP) is 2.75. The molecule has 0 atom stereocenters. The molecule has 0 spiro atoms. The topological polar surface area (TPSA) is 35.2 Å². The lowest BCUT2D eigenvalue weighted by molar-refractivity contribution is 0.272. The second kappa shape index (κ2) is 4.31. The van der Waals surface area contributed by atoms with Gasteiger partial charge in [-0.05, 0) is 24.5 Å². The van der Waals surface area contributed by atoms with Crippen molar-refractivity contribution in [2.24, 2.45) is 5.92 Å². The Labute approximate surface area is 83.9 Å². The van der Waals surface area contributed by atoms with Crippen LogP contribution in [0.3, 0.4) is 0 Å². The van der Waals surface area contributed by atoms with E-state index in [-0.39, 0.29) is 5.82 Å². The number of hydrogen-bond donors (Lipinski definition) is 1. The molecule has 0 unspecified atom stereocenters. The van der Waals surface area contributed by atoms with Gasteiger partial charge in [-0.15, -0.1) is 0 Å². The number of anilines is 1. The van der Waals surface area contributed by atoms with Crippen LogP contribution in [0.4, 0.5) is 10.1 Å². The largest absolute Gasteiger partial charge is 0.491 e. The van der Waals surface area contributed by atoms with Gasteiger partial charge in [-0.3, -0.25) is 0 Å². The van der Waals surface area contributed by atoms with Crippen LogP contribution >= 0.6 is 0 Å². The first-order valence-electron chi connectivity index (χ1n) is 4.69. The van der Waals surface area contributed by atoms with Crippen LogP contribution < -0.4 is 10.5 Å². The zero-order valence-corrected chi connectivity index (χ0v) is 8.80. The highest BCUT2D eigenvalue weighted by molar-refractivity contribution is 5.54. The third kappa shape index (κ3) is 2.62. The summed E-state index contributed by atoms with van der Waals surface area (Å²) in [5.74, 6) is 0.705. The minimum atomic E-state index is -0.292. The highest BCUT2D eigenvalue weighted by atomic mass is 19.1. The Morgan fingerprint density at radius 2 is 2.07 bits per heavy atom. The molecule has 1 aromatic rings. The van der Waals surface area contributed by atoms with Crippen molar-refractivity contribution in [3.8, 4) is 5.75 Å². The second-order valence-electron chi connectivity index (χ2n) is 3.84. The van der Waals surface area contributed by atoms with Crippen molar-refractivity contribution in [1.82, 2.24) is 0 Å². The fourth-order valence-electron chi connectivity index (χ4n) is 1.05. The number of hydrogen-bond acceptors (Lipinski definition) is 2. The van der Waals surface area contributed by atoms with Gasteiger partial charge in [-0.25, -0.2) is 4.39 Å². The average molecular weight is 197 g/mol. The predicted molar refractivity (Wildman–Crippen MR) is 55.9 cm³/mol. The van der Waals surface area contributed by atoms with Gasteiger partial charge in [-0.1, -0.05) is 13.8 Å². The SMILES string of the molecule is Cc1cc(OCC(C)C)c(N)cc1F. The van der Waals surface area contributed by atoms with E-state index in [1.54, 1.807) is 13.0 Å². The van der Waals surface area contributed by atoms with E-state index in [2.05, 4.69) is 0 Å². The van der Waals surface area contributed by atoms with Gasteiger partial charge in [0.15, 0.2) is 0 Å². The van der Waals surface area contributed by atoms with E-state index in [4.69, 9.17) is 10.5 Å². The first-order chi connectivity index (χ1) is 6.50. The molecule has 2 N–H and O–H groups in total. The van der Waals surface area contributed by atoms with Crippen molar-refractivity contribution in [2.75, 3.05) is 12.3 Å². The number of ether oxygens (including phenoxy) is 1. The first-order valence-corrected chi connectivity index (χ1v) is 4.69. The number of rotatable bonds is 3. The molecule has 0 heterocycles. The van der Waals surface area contributed by atoms with Crippen molar-refractivity contribution >= 4 is 5.69 Å². The van der Waals surface area contributed by atoms with Gasteiger partial charge in [0.2, 0.25) is 0 Å². The van der Waals surface area contributed by atoms with Gasteiger partial charge in [0.25, 0.3) is 0 Å². The van der Waals surface area contributed by atoms with Gasteiger partial charge < -0.3 is 10.5 Å². The zero-order chi connectivity index (χ0) is 10.7. The van der Waals surface area contributed by atoms with Crippen molar-refractivity contribution in [1.29, 1.82) is 0 Å². The molecule has 0 saturated carbocycles. The molecule has 0 amide bonds. The normalized spacial score (nSPS) is 10.6. The monoisotopic (exact) mass is 197 g/mol. The number of nitrogens with two attached hydrogens (primary N) is 1. The van der Waals surface area contributed by atoms with E-state index in [9.17, 15) is 4.39 Å². The summed E-state index contributed by atoms with van der Waals surface area (Å²) in [7, 11) is 0. The molecule has 3 heteroatoms. The van der Waals surface area contributed by atoms with Crippen LogP contribution in [-0.4, -0.2) is 6.61 Å². The Hall–Kier alpha value is -1.25. The summed E-state index contributed by atoms with van der Waals surface area (Å²) in [4.78, 5) is 0. The molecule has 14 heavy (non-hydrogen) atoms. The maximum absolute atomic E-state index is 13.0. The Morgan fingerprint density at radius 3 is 2.64 bits per heavy atom. The molecule has 0 bridgehead atoms. The Morgan fingerprint density at radius 1 is 1.43 bits per heavy atom. The van der Waals surface area contributed by atoms with E-state index in [0.29, 0.717) is 29.5 Å². The molecule has 0 aliphatic carbocycles. The number of benzene rings is 1. The van der Waals surface area contributed by atoms with Crippen LogP contribution in [0.1, 0.15) is 19.4 Å². The van der Waals surface area contributed by atoms with Crippen LogP contribution in [0.15, 0.2) is 12.1 Å². The summed E-state index contributed by atoms with van der Waals surface area (Å²) in [5, 5.41) is 0. The summed E-state index contributed by atoms with van der Waals surface area (Å²) in [6.07, 6.45) is 0. The minimum Gasteiger partial charge on any atom is -0.491 e. The summed E-state index contributed by atoms with van der Waals surface area (Å²) in [5.41, 5.74) is 6.52. The van der Waals surface area contributed by atoms with E-state index in [1.807, 2.05) is 13.8 Å². The highest BCUT2D eigenvalue weighted by Crippen LogP contribution is 2.25. The summed E-state index contributed by atoms with van der Waals surface area (Å²) in [6, 6.07) is 2.93. The van der Waals surface area contributed by atoms with E-state index < -0.39 is 0 Å². The number of halogens is 1. The van der Waals surface area contributed by atoms with Gasteiger partial charge in [-0.2, -0.15) is 0 Å². The molecule has 0 aliphatic heterocycles. The third-order valence-electron chi connectivity index (χ3n) is 1.86. The first kappa shape index (κ1) is 10.8. The Bertz CT molecular complexity index is 323. The van der Waals surface area contributed by atoms with Gasteiger partial charge in [0.05, 0.1) is 12.3 Å². The summed E-state index contributed by atoms with van der Waals surface area (Å²) >= 11 is 0. The van der Waals surface area contributed by atoms with Crippen molar-refractivity contribution in [2.45, 2.75) is 20.8 Å². The quantitative estimate of drug-likeness (QED) is 0.756. The Balaban J connectivity index is 2.82. The molecule has 0 saturated heterocycles. The maximum Gasteiger partial charge on any atom is 0.142 e. The van der Waals surface area contributed by atoms with Crippen LogP contribution in [0.2, 0.25) is 0 Å². The lowest BCUT2D eigenvalue weighted by Crippen LogP contribution is -2.06. The van der Waals surface area contributed by atoms with E-state index in [1.165, 1.54) is 6.07 Å². The van der Waals surface area contributed by atoms with E-state index in [0.717, 1.165) is 0 Å². The fraction of sp³-hybridized carbons (Fsp3) is 0.455. The fourth-order valence-corrected chi connectivity index (χ4v) is 1.05. The van der Waals surface area contributed by atoms with Crippen LogP contribution in [0.5, 0.6) is 5.75 Å². The standard InChI is InChI=1S/C11H16FNO/c1-7(2)6-14-11-4-8(3)9(12)5-10(11)13/h4-5,7H,6,13H2,1-3H3. The number of nitrogen functional groups attached to an aromatic ring is 1. The van der Waals surface area contributed by atoms with Crippen LogP contribution in [0.25, 0.3) is 0 Å². The molecule has 1 rings (SSSR count). The maximum atomic E-state index is 13.0. The third-order valence-corrected chi connectivity index (χ3v) is 1.86. The molecule has 1 aromatic carbocycles. The van der Waals surface area contributed by atoms with Gasteiger partial charge >= 0.3 is 0 Å². The van der Waals surface area contributed by atoms with Crippen molar-refractivity contribution in [3.05, 3.63) is 23.5 Å². The second-order valence-corrected chi connectivity index (χ2v) is 3.84. The van der Waals surface area contributed by atoms with Gasteiger partial charge in [0, 0.05) is 6.07 Å². The molecular weight excluding hydrogens is 181 g/mol. The molecule has 2 nitrogen and oxygen atoms in total. The molecule has 0 aromatic heterocycles. The van der Waals surface area contributed by atoms with Crippen molar-refractivity contribution < 1.29 is 9.13 Å². The molecule has 78 valence electrons. The average Bonchev–Trinajstić information content (AvgIpc) is 2.09. The zero-order valence-electron chi connectivity index (χ0n) is 8.80. The van der Waals surface area contributed by atoms with Crippen LogP contribution in [0, 0.1) is 18.7 Å². The summed E-state index contributed by atoms with van der Waals surface area (Å²) in [6.45, 7) is 6.38. The van der Waals surface area contributed by atoms with Gasteiger partial charge in [0.1, 0.15) is 11.6 Å². The minimum absolute atomic E-state index is 0.292. The highest BCUT2D eigenvalue weighted by Gasteiger charge is 2.06. The number of aryl methyl sites for hydroxylation is 1. The molecule has 0 fully saturated rings. The van der Waals surface area contributed by atoms with Crippen LogP contribution in [-0.2, 0) is 0 Å².